The van der Waals surface area contributed by atoms with E-state index in [9.17, 15) is 9.59 Å². The number of carbonyl (C=O) groups excluding carboxylic acids is 1. The SMILES string of the molecule is CC[C@@H](NC(=O)NC(C)Cc1ccccc1)C(=O)O. The Bertz CT molecular complexity index is 420. The first-order valence-electron chi connectivity index (χ1n) is 6.36. The summed E-state index contributed by atoms with van der Waals surface area (Å²) in [6.45, 7) is 3.60. The minimum atomic E-state index is -1.02. The van der Waals surface area contributed by atoms with E-state index in [-0.39, 0.29) is 6.04 Å². The lowest BCUT2D eigenvalue weighted by molar-refractivity contribution is -0.139. The third kappa shape index (κ3) is 5.42. The van der Waals surface area contributed by atoms with Crippen molar-refractivity contribution in [2.45, 2.75) is 38.8 Å². The highest BCUT2D eigenvalue weighted by Gasteiger charge is 2.18. The monoisotopic (exact) mass is 264 g/mol. The van der Waals surface area contributed by atoms with Crippen LogP contribution < -0.4 is 10.6 Å². The summed E-state index contributed by atoms with van der Waals surface area (Å²) in [6.07, 6.45) is 1.06. The highest BCUT2D eigenvalue weighted by atomic mass is 16.4. The van der Waals surface area contributed by atoms with E-state index in [2.05, 4.69) is 10.6 Å². The van der Waals surface area contributed by atoms with Gasteiger partial charge in [-0.05, 0) is 25.3 Å². The highest BCUT2D eigenvalue weighted by molar-refractivity contribution is 5.82. The van der Waals surface area contributed by atoms with Crippen LogP contribution in [0.1, 0.15) is 25.8 Å². The van der Waals surface area contributed by atoms with Crippen LogP contribution in [-0.4, -0.2) is 29.2 Å². The number of aliphatic carboxylic acids is 1. The van der Waals surface area contributed by atoms with Gasteiger partial charge in [-0.1, -0.05) is 37.3 Å². The van der Waals surface area contributed by atoms with Gasteiger partial charge in [-0.15, -0.1) is 0 Å². The van der Waals surface area contributed by atoms with Gasteiger partial charge in [0.05, 0.1) is 0 Å². The second kappa shape index (κ2) is 7.41. The molecule has 2 amide bonds. The predicted molar refractivity (Wildman–Crippen MR) is 73.0 cm³/mol. The Morgan fingerprint density at radius 2 is 1.84 bits per heavy atom. The zero-order chi connectivity index (χ0) is 14.3. The van der Waals surface area contributed by atoms with E-state index in [1.54, 1.807) is 6.92 Å². The van der Waals surface area contributed by atoms with Gasteiger partial charge in [0.15, 0.2) is 0 Å². The maximum Gasteiger partial charge on any atom is 0.326 e. The molecule has 0 aromatic heterocycles. The van der Waals surface area contributed by atoms with Crippen LogP contribution >= 0.6 is 0 Å². The summed E-state index contributed by atoms with van der Waals surface area (Å²) in [6, 6.07) is 8.45. The quantitative estimate of drug-likeness (QED) is 0.733. The Balaban J connectivity index is 2.42. The Kier molecular flexibility index (Phi) is 5.85. The van der Waals surface area contributed by atoms with Gasteiger partial charge in [-0.2, -0.15) is 0 Å². The fourth-order valence-corrected chi connectivity index (χ4v) is 1.78. The van der Waals surface area contributed by atoms with E-state index in [1.165, 1.54) is 0 Å². The number of hydrogen-bond donors (Lipinski definition) is 3. The Labute approximate surface area is 113 Å². The first-order valence-corrected chi connectivity index (χ1v) is 6.36. The van der Waals surface area contributed by atoms with Gasteiger partial charge in [-0.25, -0.2) is 9.59 Å². The average Bonchev–Trinajstić information content (AvgIpc) is 2.36. The lowest BCUT2D eigenvalue weighted by atomic mass is 10.1. The summed E-state index contributed by atoms with van der Waals surface area (Å²) >= 11 is 0. The van der Waals surface area contributed by atoms with Crippen molar-refractivity contribution >= 4 is 12.0 Å². The second-order valence-corrected chi connectivity index (χ2v) is 4.51. The van der Waals surface area contributed by atoms with Crippen LogP contribution in [0.15, 0.2) is 30.3 Å². The van der Waals surface area contributed by atoms with Crippen LogP contribution in [0.4, 0.5) is 4.79 Å². The van der Waals surface area contributed by atoms with Gasteiger partial charge in [0.1, 0.15) is 6.04 Å². The number of urea groups is 1. The largest absolute Gasteiger partial charge is 0.480 e. The molecule has 3 N–H and O–H groups in total. The maximum absolute atomic E-state index is 11.6. The van der Waals surface area contributed by atoms with Gasteiger partial charge in [0.2, 0.25) is 0 Å². The lowest BCUT2D eigenvalue weighted by Crippen LogP contribution is -2.48. The van der Waals surface area contributed by atoms with E-state index in [0.29, 0.717) is 12.8 Å². The summed E-state index contributed by atoms with van der Waals surface area (Å²) < 4.78 is 0. The first-order chi connectivity index (χ1) is 9.02. The molecule has 104 valence electrons. The standard InChI is InChI=1S/C14H20N2O3/c1-3-12(13(17)18)16-14(19)15-10(2)9-11-7-5-4-6-8-11/h4-8,10,12H,3,9H2,1-2H3,(H,17,18)(H2,15,16,19)/t10?,12-/m1/s1. The van der Waals surface area contributed by atoms with E-state index < -0.39 is 18.0 Å². The number of benzene rings is 1. The van der Waals surface area contributed by atoms with Crippen molar-refractivity contribution in [3.05, 3.63) is 35.9 Å². The molecule has 0 aliphatic rings. The molecule has 0 radical (unpaired) electrons. The Morgan fingerprint density at radius 1 is 1.21 bits per heavy atom. The van der Waals surface area contributed by atoms with Crippen molar-refractivity contribution in [1.82, 2.24) is 10.6 Å². The molecule has 2 atom stereocenters. The lowest BCUT2D eigenvalue weighted by Gasteiger charge is -2.17. The fourth-order valence-electron chi connectivity index (χ4n) is 1.78. The van der Waals surface area contributed by atoms with Crippen molar-refractivity contribution in [3.8, 4) is 0 Å². The van der Waals surface area contributed by atoms with Gasteiger partial charge >= 0.3 is 12.0 Å². The number of hydrogen-bond acceptors (Lipinski definition) is 2. The van der Waals surface area contributed by atoms with Gasteiger partial charge in [-0.3, -0.25) is 0 Å². The van der Waals surface area contributed by atoms with Crippen LogP contribution in [0.2, 0.25) is 0 Å². The minimum Gasteiger partial charge on any atom is -0.480 e. The van der Waals surface area contributed by atoms with E-state index in [0.717, 1.165) is 5.56 Å². The average molecular weight is 264 g/mol. The molecular weight excluding hydrogens is 244 g/mol. The van der Waals surface area contributed by atoms with Crippen LogP contribution in [0.3, 0.4) is 0 Å². The molecule has 0 aliphatic carbocycles. The molecule has 19 heavy (non-hydrogen) atoms. The smallest absolute Gasteiger partial charge is 0.326 e. The number of amides is 2. The van der Waals surface area contributed by atoms with Gasteiger partial charge in [0, 0.05) is 6.04 Å². The number of carboxylic acids is 1. The molecule has 0 fully saturated rings. The summed E-state index contributed by atoms with van der Waals surface area (Å²) in [5, 5.41) is 14.0. The van der Waals surface area contributed by atoms with Gasteiger partial charge < -0.3 is 15.7 Å². The summed E-state index contributed by atoms with van der Waals surface area (Å²) in [4.78, 5) is 22.4. The normalized spacial score (nSPS) is 13.4. The predicted octanol–water partition coefficient (Wildman–Crippen LogP) is 1.78. The number of carboxylic acid groups (broad SMARTS) is 1. The van der Waals surface area contributed by atoms with Crippen molar-refractivity contribution < 1.29 is 14.7 Å². The van der Waals surface area contributed by atoms with E-state index >= 15 is 0 Å². The Hall–Kier alpha value is -2.04. The number of carbonyl (C=O) groups is 2. The molecule has 5 nitrogen and oxygen atoms in total. The maximum atomic E-state index is 11.6. The molecule has 0 spiro atoms. The third-order valence-corrected chi connectivity index (χ3v) is 2.77. The van der Waals surface area contributed by atoms with Crippen LogP contribution in [0.25, 0.3) is 0 Å². The molecule has 0 heterocycles. The molecule has 1 aromatic rings. The number of nitrogens with one attached hydrogen (secondary N) is 2. The topological polar surface area (TPSA) is 78.4 Å². The van der Waals surface area contributed by atoms with Crippen molar-refractivity contribution in [3.63, 3.8) is 0 Å². The van der Waals surface area contributed by atoms with Gasteiger partial charge in [0.25, 0.3) is 0 Å². The minimum absolute atomic E-state index is 0.0614. The molecule has 0 bridgehead atoms. The highest BCUT2D eigenvalue weighted by Crippen LogP contribution is 2.02. The van der Waals surface area contributed by atoms with Crippen LogP contribution in [0, 0.1) is 0 Å². The zero-order valence-corrected chi connectivity index (χ0v) is 11.2. The van der Waals surface area contributed by atoms with Crippen LogP contribution in [-0.2, 0) is 11.2 Å². The summed E-state index contributed by atoms with van der Waals surface area (Å²) in [5.74, 6) is -1.02. The van der Waals surface area contributed by atoms with Crippen molar-refractivity contribution in [2.75, 3.05) is 0 Å². The van der Waals surface area contributed by atoms with E-state index in [1.807, 2.05) is 37.3 Å². The molecule has 1 unspecified atom stereocenters. The molecule has 0 saturated heterocycles. The molecule has 0 aliphatic heterocycles. The molecular formula is C14H20N2O3. The molecule has 5 heteroatoms. The summed E-state index contributed by atoms with van der Waals surface area (Å²) in [7, 11) is 0. The van der Waals surface area contributed by atoms with E-state index in [4.69, 9.17) is 5.11 Å². The van der Waals surface area contributed by atoms with Crippen molar-refractivity contribution in [1.29, 1.82) is 0 Å². The Morgan fingerprint density at radius 3 is 2.37 bits per heavy atom. The molecule has 1 aromatic carbocycles. The fraction of sp³-hybridized carbons (Fsp3) is 0.429. The third-order valence-electron chi connectivity index (χ3n) is 2.77. The zero-order valence-electron chi connectivity index (χ0n) is 11.2. The second-order valence-electron chi connectivity index (χ2n) is 4.51. The molecule has 0 saturated carbocycles. The first kappa shape index (κ1) is 15.0. The molecule has 1 rings (SSSR count). The van der Waals surface area contributed by atoms with Crippen molar-refractivity contribution in [2.24, 2.45) is 0 Å². The van der Waals surface area contributed by atoms with Crippen LogP contribution in [0.5, 0.6) is 0 Å². The summed E-state index contributed by atoms with van der Waals surface area (Å²) in [5.41, 5.74) is 1.13. The number of rotatable bonds is 6.